The lowest BCUT2D eigenvalue weighted by molar-refractivity contribution is 0.237. The first-order valence-electron chi connectivity index (χ1n) is 3.11. The third-order valence-electron chi connectivity index (χ3n) is 1.13. The van der Waals surface area contributed by atoms with Crippen molar-refractivity contribution >= 4 is 0 Å². The summed E-state index contributed by atoms with van der Waals surface area (Å²) in [5.41, 5.74) is 1.04. The summed E-state index contributed by atoms with van der Waals surface area (Å²) in [6, 6.07) is 10.7. The first-order valence-corrected chi connectivity index (χ1v) is 3.11. The van der Waals surface area contributed by atoms with Gasteiger partial charge in [0.25, 0.3) is 0 Å². The Hall–Kier alpha value is -1.24. The van der Waals surface area contributed by atoms with Gasteiger partial charge in [-0.2, -0.15) is 0 Å². The Morgan fingerprint density at radius 2 is 2.50 bits per heavy atom. The molecule has 0 saturated carbocycles. The lowest BCUT2D eigenvalue weighted by atomic mass is 10.2. The topological polar surface area (TPSA) is 9.23 Å². The number of ether oxygens (including phenoxy) is 1. The summed E-state index contributed by atoms with van der Waals surface area (Å²) in [6.07, 6.45) is 1.43. The lowest BCUT2D eigenvalue weighted by Crippen LogP contribution is -1.84. The van der Waals surface area contributed by atoms with Gasteiger partial charge in [0, 0.05) is 0 Å². The molecule has 0 bridgehead atoms. The zero-order valence-electron chi connectivity index (χ0n) is 5.71. The molecule has 0 aliphatic rings. The molecule has 1 aromatic rings. The average Bonchev–Trinajstić information content (AvgIpc) is 2.03. The van der Waals surface area contributed by atoms with Gasteiger partial charge in [0.15, 0.2) is 0 Å². The van der Waals surface area contributed by atoms with Gasteiger partial charge < -0.3 is 4.74 Å². The van der Waals surface area contributed by atoms with Crippen molar-refractivity contribution in [1.82, 2.24) is 0 Å². The quantitative estimate of drug-likeness (QED) is 0.574. The van der Waals surface area contributed by atoms with Crippen molar-refractivity contribution in [1.29, 1.82) is 0 Å². The molecule has 1 heteroatoms. The van der Waals surface area contributed by atoms with Crippen LogP contribution in [0.2, 0.25) is 0 Å². The third-order valence-corrected chi connectivity index (χ3v) is 1.13. The zero-order valence-corrected chi connectivity index (χ0v) is 5.71. The molecule has 10 heavy (non-hydrogen) atoms. The monoisotopic (exact) mass is 133 g/mol. The van der Waals surface area contributed by atoms with Gasteiger partial charge in [0.1, 0.15) is 6.61 Å². The second kappa shape index (κ2) is 3.72. The Labute approximate surface area is 61.0 Å². The summed E-state index contributed by atoms with van der Waals surface area (Å²) < 4.78 is 4.95. The summed E-state index contributed by atoms with van der Waals surface area (Å²) in [7, 11) is 0. The molecule has 0 spiro atoms. The molecule has 0 aliphatic heterocycles. The fourth-order valence-electron chi connectivity index (χ4n) is 0.669. The maximum absolute atomic E-state index is 4.95. The maximum atomic E-state index is 4.95. The van der Waals surface area contributed by atoms with E-state index in [4.69, 9.17) is 4.74 Å². The van der Waals surface area contributed by atoms with Crippen LogP contribution in [0.5, 0.6) is 0 Å². The summed E-state index contributed by atoms with van der Waals surface area (Å²) in [4.78, 5) is 0. The molecule has 0 aliphatic carbocycles. The predicted octanol–water partition coefficient (Wildman–Crippen LogP) is 2.15. The van der Waals surface area contributed by atoms with E-state index in [1.54, 1.807) is 0 Å². The molecule has 51 valence electrons. The minimum Gasteiger partial charge on any atom is -0.497 e. The normalized spacial score (nSPS) is 8.80. The molecule has 0 aromatic heterocycles. The van der Waals surface area contributed by atoms with E-state index in [1.807, 2.05) is 24.3 Å². The van der Waals surface area contributed by atoms with E-state index >= 15 is 0 Å². The second-order valence-electron chi connectivity index (χ2n) is 1.87. The molecule has 0 amide bonds. The van der Waals surface area contributed by atoms with Crippen LogP contribution in [0.4, 0.5) is 0 Å². The van der Waals surface area contributed by atoms with Crippen LogP contribution in [-0.2, 0) is 11.3 Å². The maximum Gasteiger partial charge on any atom is 0.113 e. The van der Waals surface area contributed by atoms with Crippen molar-refractivity contribution in [3.8, 4) is 0 Å². The van der Waals surface area contributed by atoms with Crippen LogP contribution in [0.3, 0.4) is 0 Å². The molecule has 1 radical (unpaired) electrons. The van der Waals surface area contributed by atoms with E-state index in [9.17, 15) is 0 Å². The highest BCUT2D eigenvalue weighted by molar-refractivity contribution is 5.11. The van der Waals surface area contributed by atoms with Crippen molar-refractivity contribution in [2.24, 2.45) is 0 Å². The Kier molecular flexibility index (Phi) is 2.56. The number of hydrogen-bond donors (Lipinski definition) is 0. The molecule has 0 saturated heterocycles. The summed E-state index contributed by atoms with van der Waals surface area (Å²) in [5.74, 6) is 0. The van der Waals surface area contributed by atoms with Gasteiger partial charge in [-0.1, -0.05) is 30.8 Å². The summed E-state index contributed by atoms with van der Waals surface area (Å²) >= 11 is 0. The molecule has 0 unspecified atom stereocenters. The smallest absolute Gasteiger partial charge is 0.113 e. The van der Waals surface area contributed by atoms with E-state index in [2.05, 4.69) is 12.6 Å². The molecular weight excluding hydrogens is 124 g/mol. The standard InChI is InChI=1S/C9H9O/c1-2-10-8-9-6-4-3-5-7-9/h2-6H,1,8H2. The van der Waals surface area contributed by atoms with Crippen LogP contribution < -0.4 is 0 Å². The first kappa shape index (κ1) is 6.87. The second-order valence-corrected chi connectivity index (χ2v) is 1.87. The molecule has 1 nitrogen and oxygen atoms in total. The summed E-state index contributed by atoms with van der Waals surface area (Å²) in [5, 5.41) is 0. The highest BCUT2D eigenvalue weighted by Crippen LogP contribution is 1.98. The third kappa shape index (κ3) is 1.94. The van der Waals surface area contributed by atoms with Crippen LogP contribution in [0.15, 0.2) is 37.1 Å². The van der Waals surface area contributed by atoms with Gasteiger partial charge in [-0.25, -0.2) is 0 Å². The Bertz CT molecular complexity index is 191. The van der Waals surface area contributed by atoms with Crippen molar-refractivity contribution in [2.75, 3.05) is 0 Å². The van der Waals surface area contributed by atoms with Crippen molar-refractivity contribution < 1.29 is 4.74 Å². The van der Waals surface area contributed by atoms with E-state index in [0.717, 1.165) is 5.56 Å². The molecule has 0 atom stereocenters. The van der Waals surface area contributed by atoms with E-state index < -0.39 is 0 Å². The van der Waals surface area contributed by atoms with Crippen LogP contribution >= 0.6 is 0 Å². The lowest BCUT2D eigenvalue weighted by Gasteiger charge is -1.97. The molecule has 0 heterocycles. The van der Waals surface area contributed by atoms with Crippen LogP contribution in [0.25, 0.3) is 0 Å². The summed E-state index contributed by atoms with van der Waals surface area (Å²) in [6.45, 7) is 4.00. The van der Waals surface area contributed by atoms with Gasteiger partial charge in [0.05, 0.1) is 6.26 Å². The number of benzene rings is 1. The van der Waals surface area contributed by atoms with Gasteiger partial charge in [0.2, 0.25) is 0 Å². The molecule has 1 rings (SSSR count). The van der Waals surface area contributed by atoms with Gasteiger partial charge in [-0.15, -0.1) is 0 Å². The van der Waals surface area contributed by atoms with E-state index in [0.29, 0.717) is 6.61 Å². The molecule has 1 aromatic carbocycles. The fourth-order valence-corrected chi connectivity index (χ4v) is 0.669. The fraction of sp³-hybridized carbons (Fsp3) is 0.111. The Balaban J connectivity index is 2.50. The van der Waals surface area contributed by atoms with Crippen molar-refractivity contribution in [3.05, 3.63) is 48.7 Å². The zero-order chi connectivity index (χ0) is 7.23. The van der Waals surface area contributed by atoms with Crippen molar-refractivity contribution in [3.63, 3.8) is 0 Å². The largest absolute Gasteiger partial charge is 0.497 e. The van der Waals surface area contributed by atoms with Gasteiger partial charge >= 0.3 is 0 Å². The number of hydrogen-bond acceptors (Lipinski definition) is 1. The van der Waals surface area contributed by atoms with Crippen LogP contribution in [-0.4, -0.2) is 0 Å². The predicted molar refractivity (Wildman–Crippen MR) is 40.3 cm³/mol. The minimum atomic E-state index is 0.560. The Morgan fingerprint density at radius 3 is 3.10 bits per heavy atom. The first-order chi connectivity index (χ1) is 4.93. The average molecular weight is 133 g/mol. The van der Waals surface area contributed by atoms with E-state index in [1.165, 1.54) is 6.26 Å². The number of rotatable bonds is 3. The van der Waals surface area contributed by atoms with Crippen LogP contribution in [0, 0.1) is 6.07 Å². The molecule has 0 N–H and O–H groups in total. The Morgan fingerprint density at radius 1 is 1.60 bits per heavy atom. The van der Waals surface area contributed by atoms with Crippen LogP contribution in [0.1, 0.15) is 5.56 Å². The molecule has 0 fully saturated rings. The minimum absolute atomic E-state index is 0.560. The van der Waals surface area contributed by atoms with E-state index in [-0.39, 0.29) is 0 Å². The van der Waals surface area contributed by atoms with Gasteiger partial charge in [-0.3, -0.25) is 0 Å². The SMILES string of the molecule is C=COCc1[c]cccc1. The van der Waals surface area contributed by atoms with Crippen molar-refractivity contribution in [2.45, 2.75) is 6.61 Å². The molecular formula is C9H9O. The highest BCUT2D eigenvalue weighted by Gasteiger charge is 1.86. The van der Waals surface area contributed by atoms with Gasteiger partial charge in [-0.05, 0) is 11.6 Å². The highest BCUT2D eigenvalue weighted by atomic mass is 16.5.